The van der Waals surface area contributed by atoms with Crippen LogP contribution in [-0.4, -0.2) is 56.0 Å². The van der Waals surface area contributed by atoms with E-state index < -0.39 is 20.0 Å². The fourth-order valence-electron chi connectivity index (χ4n) is 2.58. The number of nitrogens with one attached hydrogen (secondary N) is 1. The first-order valence-electron chi connectivity index (χ1n) is 7.18. The van der Waals surface area contributed by atoms with Crippen LogP contribution in [-0.2, 0) is 26.6 Å². The summed E-state index contributed by atoms with van der Waals surface area (Å²) in [5.74, 6) is 0.120. The van der Waals surface area contributed by atoms with Gasteiger partial charge in [0.25, 0.3) is 0 Å². The maximum Gasteiger partial charge on any atom is 0.214 e. The predicted molar refractivity (Wildman–Crippen MR) is 83.2 cm³/mol. The summed E-state index contributed by atoms with van der Waals surface area (Å²) >= 11 is 0. The maximum atomic E-state index is 12.3. The molecule has 1 aliphatic rings. The summed E-state index contributed by atoms with van der Waals surface area (Å²) in [4.78, 5) is 0. The van der Waals surface area contributed by atoms with Crippen molar-refractivity contribution in [3.8, 4) is 0 Å². The zero-order valence-corrected chi connectivity index (χ0v) is 14.4. The zero-order chi connectivity index (χ0) is 16.4. The normalized spacial score (nSPS) is 20.0. The first-order chi connectivity index (χ1) is 10.2. The Morgan fingerprint density at radius 2 is 2.09 bits per heavy atom. The zero-order valence-electron chi connectivity index (χ0n) is 12.8. The van der Waals surface area contributed by atoms with Crippen molar-refractivity contribution >= 4 is 20.0 Å². The summed E-state index contributed by atoms with van der Waals surface area (Å²) < 4.78 is 52.5. The minimum atomic E-state index is -3.29. The average Bonchev–Trinajstić information content (AvgIpc) is 2.85. The summed E-state index contributed by atoms with van der Waals surface area (Å²) in [7, 11) is -6.54. The van der Waals surface area contributed by atoms with Crippen molar-refractivity contribution < 1.29 is 16.8 Å². The summed E-state index contributed by atoms with van der Waals surface area (Å²) in [6.07, 6.45) is 3.80. The lowest BCUT2D eigenvalue weighted by Crippen LogP contribution is -2.43. The molecule has 0 spiro atoms. The van der Waals surface area contributed by atoms with Crippen molar-refractivity contribution in [2.75, 3.05) is 25.1 Å². The smallest absolute Gasteiger partial charge is 0.214 e. The molecule has 0 saturated carbocycles. The molecule has 1 atom stereocenters. The second-order valence-corrected chi connectivity index (χ2v) is 9.41. The van der Waals surface area contributed by atoms with Gasteiger partial charge in [0.05, 0.1) is 30.3 Å². The molecule has 2 rings (SSSR count). The van der Waals surface area contributed by atoms with E-state index in [-0.39, 0.29) is 18.3 Å². The monoisotopic (exact) mass is 350 g/mol. The Kier molecular flexibility index (Phi) is 5.25. The molecule has 0 fully saturated rings. The molecule has 22 heavy (non-hydrogen) atoms. The van der Waals surface area contributed by atoms with E-state index in [4.69, 9.17) is 0 Å². The van der Waals surface area contributed by atoms with Crippen molar-refractivity contribution in [3.05, 3.63) is 18.0 Å². The van der Waals surface area contributed by atoms with Crippen molar-refractivity contribution in [2.45, 2.75) is 32.4 Å². The van der Waals surface area contributed by atoms with Crippen molar-refractivity contribution in [3.63, 3.8) is 0 Å². The van der Waals surface area contributed by atoms with E-state index in [0.717, 1.165) is 11.9 Å². The Bertz CT molecular complexity index is 711. The summed E-state index contributed by atoms with van der Waals surface area (Å²) in [6.45, 7) is 2.73. The molecule has 2 heterocycles. The molecule has 0 bridgehead atoms. The van der Waals surface area contributed by atoms with Crippen molar-refractivity contribution in [2.24, 2.45) is 0 Å². The largest absolute Gasteiger partial charge is 0.264 e. The van der Waals surface area contributed by atoms with Gasteiger partial charge in [0, 0.05) is 19.3 Å². The first kappa shape index (κ1) is 17.4. The molecule has 0 aliphatic carbocycles. The van der Waals surface area contributed by atoms with Crippen LogP contribution in [0.15, 0.2) is 12.3 Å². The van der Waals surface area contributed by atoms with E-state index in [2.05, 4.69) is 9.82 Å². The second kappa shape index (κ2) is 6.65. The highest BCUT2D eigenvalue weighted by Gasteiger charge is 2.31. The lowest BCUT2D eigenvalue weighted by Gasteiger charge is -2.33. The Morgan fingerprint density at radius 1 is 1.36 bits per heavy atom. The lowest BCUT2D eigenvalue weighted by atomic mass is 10.1. The van der Waals surface area contributed by atoms with Gasteiger partial charge in [0.15, 0.2) is 0 Å². The summed E-state index contributed by atoms with van der Waals surface area (Å²) in [5.41, 5.74) is 0.829. The highest BCUT2D eigenvalue weighted by Crippen LogP contribution is 2.25. The topological polar surface area (TPSA) is 101 Å². The third kappa shape index (κ3) is 4.28. The van der Waals surface area contributed by atoms with E-state index in [1.165, 1.54) is 4.31 Å². The number of nitrogens with zero attached hydrogens (tertiary/aromatic N) is 3. The van der Waals surface area contributed by atoms with Gasteiger partial charge in [0.1, 0.15) is 0 Å². The van der Waals surface area contributed by atoms with Crippen LogP contribution in [0.3, 0.4) is 0 Å². The molecule has 0 radical (unpaired) electrons. The molecular formula is C12H22N4O4S2. The maximum absolute atomic E-state index is 12.3. The van der Waals surface area contributed by atoms with Crippen LogP contribution in [0.1, 0.15) is 31.5 Å². The average molecular weight is 350 g/mol. The number of aromatic nitrogens is 2. The van der Waals surface area contributed by atoms with E-state index in [1.54, 1.807) is 16.9 Å². The third-order valence-corrected chi connectivity index (χ3v) is 6.27. The van der Waals surface area contributed by atoms with Crippen molar-refractivity contribution in [1.29, 1.82) is 0 Å². The van der Waals surface area contributed by atoms with Crippen LogP contribution in [0.4, 0.5) is 0 Å². The van der Waals surface area contributed by atoms with E-state index in [0.29, 0.717) is 25.9 Å². The van der Waals surface area contributed by atoms with Crippen LogP contribution in [0.5, 0.6) is 0 Å². The van der Waals surface area contributed by atoms with Crippen LogP contribution in [0.25, 0.3) is 0 Å². The van der Waals surface area contributed by atoms with Crippen LogP contribution in [0, 0.1) is 0 Å². The molecular weight excluding hydrogens is 328 g/mol. The minimum absolute atomic E-state index is 0.120. The van der Waals surface area contributed by atoms with Gasteiger partial charge in [-0.2, -0.15) is 9.40 Å². The Morgan fingerprint density at radius 3 is 2.73 bits per heavy atom. The Balaban J connectivity index is 2.13. The minimum Gasteiger partial charge on any atom is -0.264 e. The van der Waals surface area contributed by atoms with Crippen LogP contribution in [0.2, 0.25) is 0 Å². The number of fused-ring (bicyclic) bond motifs is 1. The second-order valence-electron chi connectivity index (χ2n) is 5.48. The van der Waals surface area contributed by atoms with E-state index in [1.807, 2.05) is 6.92 Å². The lowest BCUT2D eigenvalue weighted by molar-refractivity contribution is 0.256. The number of hydrogen-bond acceptors (Lipinski definition) is 5. The van der Waals surface area contributed by atoms with Gasteiger partial charge in [-0.25, -0.2) is 21.6 Å². The van der Waals surface area contributed by atoms with Gasteiger partial charge in [-0.05, 0) is 18.9 Å². The SMILES string of the molecule is CCCS(=O)(=O)N1Cc2ccnn2[C@H](CCNS(C)(=O)=O)C1. The molecule has 126 valence electrons. The molecule has 0 saturated heterocycles. The van der Waals surface area contributed by atoms with Gasteiger partial charge in [-0.1, -0.05) is 6.92 Å². The van der Waals surface area contributed by atoms with E-state index in [9.17, 15) is 16.8 Å². The third-order valence-electron chi connectivity index (χ3n) is 3.55. The van der Waals surface area contributed by atoms with Gasteiger partial charge >= 0.3 is 0 Å². The van der Waals surface area contributed by atoms with Crippen LogP contribution < -0.4 is 4.72 Å². The molecule has 10 heteroatoms. The number of rotatable bonds is 7. The number of sulfonamides is 2. The fourth-order valence-corrected chi connectivity index (χ4v) is 4.57. The van der Waals surface area contributed by atoms with E-state index >= 15 is 0 Å². The Labute approximate surface area is 131 Å². The molecule has 8 nitrogen and oxygen atoms in total. The van der Waals surface area contributed by atoms with Crippen LogP contribution >= 0.6 is 0 Å². The first-order valence-corrected chi connectivity index (χ1v) is 10.7. The Hall–Kier alpha value is -0.970. The highest BCUT2D eigenvalue weighted by molar-refractivity contribution is 7.89. The number of hydrogen-bond donors (Lipinski definition) is 1. The van der Waals surface area contributed by atoms with Gasteiger partial charge in [-0.15, -0.1) is 0 Å². The molecule has 0 aromatic carbocycles. The van der Waals surface area contributed by atoms with Gasteiger partial charge in [0.2, 0.25) is 20.0 Å². The molecule has 0 unspecified atom stereocenters. The molecule has 1 aromatic rings. The predicted octanol–water partition coefficient (Wildman–Crippen LogP) is -0.0811. The van der Waals surface area contributed by atoms with Gasteiger partial charge < -0.3 is 0 Å². The molecule has 1 N–H and O–H groups in total. The fraction of sp³-hybridized carbons (Fsp3) is 0.750. The standard InChI is InChI=1S/C12H22N4O4S2/c1-3-8-22(19,20)15-9-11-4-6-13-16(11)12(10-15)5-7-14-21(2,17)18/h4,6,12,14H,3,5,7-10H2,1-2H3/t12-/m1/s1. The quantitative estimate of drug-likeness (QED) is 0.741. The highest BCUT2D eigenvalue weighted by atomic mass is 32.2. The van der Waals surface area contributed by atoms with Gasteiger partial charge in [-0.3, -0.25) is 4.68 Å². The van der Waals surface area contributed by atoms with Crippen molar-refractivity contribution in [1.82, 2.24) is 18.8 Å². The molecule has 1 aliphatic heterocycles. The summed E-state index contributed by atoms with van der Waals surface area (Å²) in [6, 6.07) is 1.63. The molecule has 1 aromatic heterocycles. The molecule has 0 amide bonds. The summed E-state index contributed by atoms with van der Waals surface area (Å²) in [5, 5.41) is 4.23.